The van der Waals surface area contributed by atoms with E-state index in [2.05, 4.69) is 16.0 Å². The van der Waals surface area contributed by atoms with Gasteiger partial charge in [0, 0.05) is 12.5 Å². The Morgan fingerprint density at radius 2 is 1.31 bits per heavy atom. The Balaban J connectivity index is 1.66. The summed E-state index contributed by atoms with van der Waals surface area (Å²) in [6, 6.07) is 12.9. The molecule has 3 atom stereocenters. The van der Waals surface area contributed by atoms with E-state index in [-0.39, 0.29) is 25.5 Å². The van der Waals surface area contributed by atoms with E-state index in [0.29, 0.717) is 12.8 Å². The van der Waals surface area contributed by atoms with Crippen LogP contribution in [0.15, 0.2) is 48.5 Å². The van der Waals surface area contributed by atoms with Crippen molar-refractivity contribution in [1.82, 2.24) is 16.0 Å². The Morgan fingerprint density at radius 3 is 1.85 bits per heavy atom. The number of carbonyl (C=O) groups is 5. The first-order valence-electron chi connectivity index (χ1n) is 16.0. The predicted molar refractivity (Wildman–Crippen MR) is 176 cm³/mol. The number of rotatable bonds is 13. The Labute approximate surface area is 281 Å². The summed E-state index contributed by atoms with van der Waals surface area (Å²) in [7, 11) is 0. The molecule has 2 aromatic rings. The van der Waals surface area contributed by atoms with Gasteiger partial charge in [-0.3, -0.25) is 0 Å². The van der Waals surface area contributed by atoms with Gasteiger partial charge in [0.1, 0.15) is 30.0 Å². The topological polar surface area (TPSA) is 179 Å². The fraction of sp³-hybridized carbons (Fsp3) is 0.514. The van der Waals surface area contributed by atoms with E-state index in [0.717, 1.165) is 22.3 Å². The number of unbranched alkanes of at least 4 members (excludes halogenated alkanes) is 1. The average molecular weight is 670 g/mol. The number of carboxylic acids is 1. The summed E-state index contributed by atoms with van der Waals surface area (Å²) in [6.45, 7) is 11.7. The molecule has 3 rings (SSSR count). The van der Waals surface area contributed by atoms with Gasteiger partial charge in [0.2, 0.25) is 0 Å². The Bertz CT molecular complexity index is 1420. The summed E-state index contributed by atoms with van der Waals surface area (Å²) in [5.74, 6) is -2.58. The summed E-state index contributed by atoms with van der Waals surface area (Å²) in [4.78, 5) is 62.6. The maximum atomic E-state index is 13.3. The molecule has 48 heavy (non-hydrogen) atoms. The van der Waals surface area contributed by atoms with E-state index < -0.39 is 59.6 Å². The van der Waals surface area contributed by atoms with Crippen LogP contribution >= 0.6 is 0 Å². The molecule has 0 aromatic heterocycles. The van der Waals surface area contributed by atoms with Crippen LogP contribution < -0.4 is 16.0 Å². The number of hydrogen-bond acceptors (Lipinski definition) is 9. The highest BCUT2D eigenvalue weighted by Crippen LogP contribution is 2.44. The summed E-state index contributed by atoms with van der Waals surface area (Å²) >= 11 is 0. The van der Waals surface area contributed by atoms with Gasteiger partial charge in [-0.15, -0.1) is 0 Å². The molecule has 0 heterocycles. The van der Waals surface area contributed by atoms with Crippen LogP contribution in [0.1, 0.15) is 84.8 Å². The van der Waals surface area contributed by atoms with Crippen LogP contribution in [-0.2, 0) is 28.5 Å². The highest BCUT2D eigenvalue weighted by atomic mass is 16.6. The number of hydrogen-bond donors (Lipinski definition) is 4. The fourth-order valence-corrected chi connectivity index (χ4v) is 5.16. The fourth-order valence-electron chi connectivity index (χ4n) is 5.16. The average Bonchev–Trinajstić information content (AvgIpc) is 3.29. The first-order chi connectivity index (χ1) is 22.4. The van der Waals surface area contributed by atoms with Crippen LogP contribution in [0.2, 0.25) is 0 Å². The van der Waals surface area contributed by atoms with Gasteiger partial charge in [-0.2, -0.15) is 0 Å². The highest BCUT2D eigenvalue weighted by molar-refractivity contribution is 5.84. The van der Waals surface area contributed by atoms with Gasteiger partial charge in [-0.25, -0.2) is 24.0 Å². The van der Waals surface area contributed by atoms with Crippen LogP contribution in [0.3, 0.4) is 0 Å². The quantitative estimate of drug-likeness (QED) is 0.121. The molecule has 1 aliphatic carbocycles. The van der Waals surface area contributed by atoms with Gasteiger partial charge in [0.15, 0.2) is 6.04 Å². The minimum atomic E-state index is -1.63. The van der Waals surface area contributed by atoms with Crippen LogP contribution in [0, 0.1) is 0 Å². The van der Waals surface area contributed by atoms with Crippen molar-refractivity contribution in [2.24, 2.45) is 0 Å². The molecule has 13 heteroatoms. The van der Waals surface area contributed by atoms with Crippen molar-refractivity contribution >= 4 is 30.2 Å². The van der Waals surface area contributed by atoms with Gasteiger partial charge in [-0.1, -0.05) is 48.5 Å². The third-order valence-corrected chi connectivity index (χ3v) is 7.22. The second-order valence-corrected chi connectivity index (χ2v) is 13.6. The van der Waals surface area contributed by atoms with Gasteiger partial charge >= 0.3 is 30.2 Å². The number of amides is 3. The van der Waals surface area contributed by atoms with Crippen molar-refractivity contribution in [1.29, 1.82) is 0 Å². The summed E-state index contributed by atoms with van der Waals surface area (Å²) in [5.41, 5.74) is 2.62. The van der Waals surface area contributed by atoms with Gasteiger partial charge in [0.05, 0.1) is 0 Å². The number of fused-ring (bicyclic) bond motifs is 3. The van der Waals surface area contributed by atoms with Crippen LogP contribution in [-0.4, -0.2) is 77.9 Å². The zero-order chi connectivity index (χ0) is 35.6. The van der Waals surface area contributed by atoms with Gasteiger partial charge in [-0.05, 0) is 90.0 Å². The molecule has 0 bridgehead atoms. The zero-order valence-electron chi connectivity index (χ0n) is 28.6. The first kappa shape index (κ1) is 37.6. The Morgan fingerprint density at radius 1 is 0.771 bits per heavy atom. The van der Waals surface area contributed by atoms with Gasteiger partial charge in [0.25, 0.3) is 0 Å². The molecule has 2 aromatic carbocycles. The highest BCUT2D eigenvalue weighted by Gasteiger charge is 2.34. The number of carbonyl (C=O) groups excluding carboxylic acids is 4. The molecular formula is C35H47N3O10. The largest absolute Gasteiger partial charge is 0.480 e. The number of alkyl carbamates (subject to hydrolysis) is 3. The Hall–Kier alpha value is -4.81. The predicted octanol–water partition coefficient (Wildman–Crippen LogP) is 5.50. The third kappa shape index (κ3) is 11.5. The molecular weight excluding hydrogens is 622 g/mol. The molecule has 3 amide bonds. The molecule has 0 spiro atoms. The third-order valence-electron chi connectivity index (χ3n) is 7.22. The number of esters is 1. The lowest BCUT2D eigenvalue weighted by Crippen LogP contribution is -2.52. The van der Waals surface area contributed by atoms with E-state index in [9.17, 15) is 29.1 Å². The van der Waals surface area contributed by atoms with E-state index in [1.165, 1.54) is 6.92 Å². The standard InChI is InChI=1S/C35H47N3O10/c1-21(28(29(39)40)38-33(44)48-35(5,6)7)46-30(41)27(18-12-13-19-36-31(42)47-34(2,3)4)37-32(43)45-20-26-24-16-10-8-14-22(24)23-15-9-11-17-25(23)26/h8-11,14-17,21,26-28H,12-13,18-20H2,1-7H3,(H,36,42)(H,37,43)(H,38,44)(H,39,40)/t21-,27+,28+/m1/s1. The van der Waals surface area contributed by atoms with Crippen molar-refractivity contribution in [3.05, 3.63) is 59.7 Å². The lowest BCUT2D eigenvalue weighted by Gasteiger charge is -2.26. The van der Waals surface area contributed by atoms with Crippen LogP contribution in [0.4, 0.5) is 14.4 Å². The minimum Gasteiger partial charge on any atom is -0.480 e. The molecule has 0 saturated carbocycles. The van der Waals surface area contributed by atoms with E-state index in [4.69, 9.17) is 18.9 Å². The SMILES string of the molecule is C[C@@H](OC(=O)[C@H](CCCCNC(=O)OC(C)(C)C)NC(=O)OCC1c2ccccc2-c2ccccc21)[C@H](NC(=O)OC(C)(C)C)C(=O)O. The molecule has 0 aliphatic heterocycles. The second-order valence-electron chi connectivity index (χ2n) is 13.6. The summed E-state index contributed by atoms with van der Waals surface area (Å²) < 4.78 is 21.4. The molecule has 0 radical (unpaired) electrons. The van der Waals surface area contributed by atoms with Crippen molar-refractivity contribution in [2.75, 3.05) is 13.2 Å². The molecule has 262 valence electrons. The number of carboxylic acid groups (broad SMARTS) is 1. The summed E-state index contributed by atoms with van der Waals surface area (Å²) in [6.07, 6.45) is -2.88. The van der Waals surface area contributed by atoms with Crippen molar-refractivity contribution < 1.29 is 48.0 Å². The van der Waals surface area contributed by atoms with E-state index >= 15 is 0 Å². The molecule has 0 fully saturated rings. The lowest BCUT2D eigenvalue weighted by molar-refractivity contribution is -0.156. The Kier molecular flexibility index (Phi) is 12.8. The molecule has 1 aliphatic rings. The van der Waals surface area contributed by atoms with Gasteiger partial charge < -0.3 is 40.0 Å². The normalized spacial score (nSPS) is 14.3. The van der Waals surface area contributed by atoms with E-state index in [1.54, 1.807) is 41.5 Å². The second kappa shape index (κ2) is 16.3. The maximum absolute atomic E-state index is 13.3. The molecule has 4 N–H and O–H groups in total. The number of ether oxygens (including phenoxy) is 4. The number of benzene rings is 2. The maximum Gasteiger partial charge on any atom is 0.408 e. The minimum absolute atomic E-state index is 0.0126. The van der Waals surface area contributed by atoms with Crippen molar-refractivity contribution in [2.45, 2.75) is 103 Å². The first-order valence-corrected chi connectivity index (χ1v) is 16.0. The van der Waals surface area contributed by atoms with Crippen LogP contribution in [0.25, 0.3) is 11.1 Å². The number of aliphatic carboxylic acids is 1. The molecule has 0 saturated heterocycles. The smallest absolute Gasteiger partial charge is 0.408 e. The zero-order valence-corrected chi connectivity index (χ0v) is 28.6. The van der Waals surface area contributed by atoms with Crippen molar-refractivity contribution in [3.8, 4) is 11.1 Å². The number of nitrogens with one attached hydrogen (secondary N) is 3. The molecule has 0 unspecified atom stereocenters. The van der Waals surface area contributed by atoms with Crippen molar-refractivity contribution in [3.63, 3.8) is 0 Å². The summed E-state index contributed by atoms with van der Waals surface area (Å²) in [5, 5.41) is 17.1. The van der Waals surface area contributed by atoms with E-state index in [1.807, 2.05) is 48.5 Å². The monoisotopic (exact) mass is 669 g/mol. The lowest BCUT2D eigenvalue weighted by atomic mass is 9.98. The van der Waals surface area contributed by atoms with Crippen LogP contribution in [0.5, 0.6) is 0 Å². The molecule has 13 nitrogen and oxygen atoms in total.